The predicted octanol–water partition coefficient (Wildman–Crippen LogP) is 2.13. The molecule has 0 bridgehead atoms. The number of nitrogens with two attached hydrogens (primary N) is 1. The normalized spacial score (nSPS) is 10.4. The molecular formula is C13H15N3O3. The van der Waals surface area contributed by atoms with Crippen LogP contribution in [0.25, 0.3) is 0 Å². The first kappa shape index (κ1) is 12.9. The summed E-state index contributed by atoms with van der Waals surface area (Å²) in [5.74, 6) is 0.330. The van der Waals surface area contributed by atoms with E-state index in [4.69, 9.17) is 15.3 Å². The van der Waals surface area contributed by atoms with Crippen molar-refractivity contribution in [3.63, 3.8) is 0 Å². The molecule has 0 aliphatic heterocycles. The number of anilines is 2. The molecule has 6 heteroatoms. The summed E-state index contributed by atoms with van der Waals surface area (Å²) in [6.45, 7) is 2.37. The molecule has 6 nitrogen and oxygen atoms in total. The standard InChI is InChI=1S/C13H15N3O3/c1-2-9-6-16-12(19-9)7-15-8-3-4-11(14)10(5-8)13(17)18/h3-6,15H,2,7,14H2,1H3,(H,17,18). The van der Waals surface area contributed by atoms with Crippen molar-refractivity contribution in [1.29, 1.82) is 0 Å². The molecule has 0 saturated carbocycles. The van der Waals surface area contributed by atoms with E-state index >= 15 is 0 Å². The number of aromatic nitrogens is 1. The monoisotopic (exact) mass is 261 g/mol. The fourth-order valence-corrected chi connectivity index (χ4v) is 1.62. The Morgan fingerprint density at radius 1 is 1.53 bits per heavy atom. The van der Waals surface area contributed by atoms with Crippen molar-refractivity contribution >= 4 is 17.3 Å². The van der Waals surface area contributed by atoms with Gasteiger partial charge in [0.2, 0.25) is 5.89 Å². The van der Waals surface area contributed by atoms with Gasteiger partial charge in [0.25, 0.3) is 0 Å². The summed E-state index contributed by atoms with van der Waals surface area (Å²) < 4.78 is 5.44. The van der Waals surface area contributed by atoms with Gasteiger partial charge in [-0.3, -0.25) is 0 Å². The van der Waals surface area contributed by atoms with Gasteiger partial charge in [-0.25, -0.2) is 9.78 Å². The van der Waals surface area contributed by atoms with Crippen LogP contribution in [-0.2, 0) is 13.0 Å². The van der Waals surface area contributed by atoms with Gasteiger partial charge in [0.1, 0.15) is 5.76 Å². The number of carboxylic acids is 1. The average molecular weight is 261 g/mol. The zero-order valence-electron chi connectivity index (χ0n) is 10.5. The average Bonchev–Trinajstić information content (AvgIpc) is 2.85. The van der Waals surface area contributed by atoms with E-state index in [0.717, 1.165) is 12.2 Å². The number of nitrogens with zero attached hydrogens (tertiary/aromatic N) is 1. The van der Waals surface area contributed by atoms with Gasteiger partial charge in [-0.05, 0) is 18.2 Å². The number of carboxylic acid groups (broad SMARTS) is 1. The zero-order valence-corrected chi connectivity index (χ0v) is 10.5. The molecule has 0 saturated heterocycles. The summed E-state index contributed by atoms with van der Waals surface area (Å²) in [4.78, 5) is 15.1. The molecule has 0 radical (unpaired) electrons. The first-order valence-corrected chi connectivity index (χ1v) is 5.90. The number of benzene rings is 1. The number of oxazole rings is 1. The van der Waals surface area contributed by atoms with Crippen molar-refractivity contribution in [3.8, 4) is 0 Å². The van der Waals surface area contributed by atoms with Crippen LogP contribution in [-0.4, -0.2) is 16.1 Å². The van der Waals surface area contributed by atoms with E-state index < -0.39 is 5.97 Å². The maximum Gasteiger partial charge on any atom is 0.337 e. The Balaban J connectivity index is 2.07. The molecule has 2 aromatic rings. The zero-order chi connectivity index (χ0) is 13.8. The Labute approximate surface area is 110 Å². The molecule has 1 aromatic heterocycles. The van der Waals surface area contributed by atoms with E-state index in [2.05, 4.69) is 10.3 Å². The maximum absolute atomic E-state index is 11.0. The van der Waals surface area contributed by atoms with E-state index in [1.54, 1.807) is 18.3 Å². The van der Waals surface area contributed by atoms with Crippen molar-refractivity contribution in [2.75, 3.05) is 11.1 Å². The van der Waals surface area contributed by atoms with Gasteiger partial charge in [-0.15, -0.1) is 0 Å². The summed E-state index contributed by atoms with van der Waals surface area (Å²) in [6, 6.07) is 4.76. The van der Waals surface area contributed by atoms with Gasteiger partial charge < -0.3 is 20.6 Å². The lowest BCUT2D eigenvalue weighted by atomic mass is 10.1. The summed E-state index contributed by atoms with van der Waals surface area (Å²) >= 11 is 0. The molecule has 0 fully saturated rings. The van der Waals surface area contributed by atoms with Crippen molar-refractivity contribution < 1.29 is 14.3 Å². The Hall–Kier alpha value is -2.50. The Bertz CT molecular complexity index is 593. The van der Waals surface area contributed by atoms with Gasteiger partial charge in [0.15, 0.2) is 0 Å². The van der Waals surface area contributed by atoms with Gasteiger partial charge in [0.05, 0.1) is 18.3 Å². The van der Waals surface area contributed by atoms with Crippen LogP contribution in [0.1, 0.15) is 28.9 Å². The minimum Gasteiger partial charge on any atom is -0.478 e. The highest BCUT2D eigenvalue weighted by Gasteiger charge is 2.09. The van der Waals surface area contributed by atoms with Crippen molar-refractivity contribution in [2.24, 2.45) is 0 Å². The number of rotatable bonds is 5. The van der Waals surface area contributed by atoms with Crippen LogP contribution in [0, 0.1) is 0 Å². The number of nitrogens with one attached hydrogen (secondary N) is 1. The van der Waals surface area contributed by atoms with Crippen molar-refractivity contribution in [3.05, 3.63) is 41.6 Å². The minimum absolute atomic E-state index is 0.0756. The molecule has 0 atom stereocenters. The number of aryl methyl sites for hydroxylation is 1. The van der Waals surface area contributed by atoms with Crippen LogP contribution < -0.4 is 11.1 Å². The van der Waals surface area contributed by atoms with Crippen LogP contribution in [0.15, 0.2) is 28.8 Å². The molecule has 0 aliphatic carbocycles. The van der Waals surface area contributed by atoms with Crippen LogP contribution in [0.5, 0.6) is 0 Å². The van der Waals surface area contributed by atoms with Crippen molar-refractivity contribution in [2.45, 2.75) is 19.9 Å². The third kappa shape index (κ3) is 3.04. The third-order valence-corrected chi connectivity index (χ3v) is 2.68. The molecule has 19 heavy (non-hydrogen) atoms. The van der Waals surface area contributed by atoms with Crippen LogP contribution in [0.4, 0.5) is 11.4 Å². The molecule has 1 aromatic carbocycles. The Kier molecular flexibility index (Phi) is 3.70. The van der Waals surface area contributed by atoms with Gasteiger partial charge in [0, 0.05) is 17.8 Å². The Morgan fingerprint density at radius 3 is 2.95 bits per heavy atom. The first-order chi connectivity index (χ1) is 9.10. The van der Waals surface area contributed by atoms with Crippen LogP contribution in [0.2, 0.25) is 0 Å². The van der Waals surface area contributed by atoms with E-state index in [0.29, 0.717) is 18.1 Å². The molecule has 4 N–H and O–H groups in total. The van der Waals surface area contributed by atoms with E-state index in [-0.39, 0.29) is 11.3 Å². The van der Waals surface area contributed by atoms with E-state index in [1.807, 2.05) is 6.92 Å². The predicted molar refractivity (Wildman–Crippen MR) is 71.0 cm³/mol. The molecule has 2 rings (SSSR count). The molecule has 1 heterocycles. The first-order valence-electron chi connectivity index (χ1n) is 5.90. The summed E-state index contributed by atoms with van der Waals surface area (Å²) in [5.41, 5.74) is 6.55. The van der Waals surface area contributed by atoms with Gasteiger partial charge in [-0.1, -0.05) is 6.92 Å². The number of aromatic carboxylic acids is 1. The van der Waals surface area contributed by atoms with E-state index in [1.165, 1.54) is 6.07 Å². The number of carbonyl (C=O) groups is 1. The Morgan fingerprint density at radius 2 is 2.32 bits per heavy atom. The summed E-state index contributed by atoms with van der Waals surface area (Å²) in [7, 11) is 0. The highest BCUT2D eigenvalue weighted by Crippen LogP contribution is 2.18. The fraction of sp³-hybridized carbons (Fsp3) is 0.231. The van der Waals surface area contributed by atoms with E-state index in [9.17, 15) is 4.79 Å². The number of nitrogen functional groups attached to an aromatic ring is 1. The highest BCUT2D eigenvalue weighted by molar-refractivity contribution is 5.94. The van der Waals surface area contributed by atoms with Crippen LogP contribution in [0.3, 0.4) is 0 Å². The van der Waals surface area contributed by atoms with Gasteiger partial charge >= 0.3 is 5.97 Å². The quantitative estimate of drug-likeness (QED) is 0.713. The molecular weight excluding hydrogens is 246 g/mol. The van der Waals surface area contributed by atoms with Crippen LogP contribution >= 0.6 is 0 Å². The SMILES string of the molecule is CCc1cnc(CNc2ccc(N)c(C(=O)O)c2)o1. The second-order valence-electron chi connectivity index (χ2n) is 4.03. The smallest absolute Gasteiger partial charge is 0.337 e. The lowest BCUT2D eigenvalue weighted by Gasteiger charge is -2.06. The third-order valence-electron chi connectivity index (χ3n) is 2.68. The molecule has 0 spiro atoms. The lowest BCUT2D eigenvalue weighted by Crippen LogP contribution is -2.05. The summed E-state index contributed by atoms with van der Waals surface area (Å²) in [6.07, 6.45) is 2.47. The minimum atomic E-state index is -1.05. The van der Waals surface area contributed by atoms with Gasteiger partial charge in [-0.2, -0.15) is 0 Å². The molecule has 0 amide bonds. The second-order valence-corrected chi connectivity index (χ2v) is 4.03. The largest absolute Gasteiger partial charge is 0.478 e. The molecule has 100 valence electrons. The molecule has 0 unspecified atom stereocenters. The van der Waals surface area contributed by atoms with Crippen molar-refractivity contribution in [1.82, 2.24) is 4.98 Å². The summed E-state index contributed by atoms with van der Waals surface area (Å²) in [5, 5.41) is 12.0. The highest BCUT2D eigenvalue weighted by atomic mass is 16.4. The lowest BCUT2D eigenvalue weighted by molar-refractivity contribution is 0.0698. The topological polar surface area (TPSA) is 101 Å². The number of hydrogen-bond donors (Lipinski definition) is 3. The fourth-order valence-electron chi connectivity index (χ4n) is 1.62. The number of hydrogen-bond acceptors (Lipinski definition) is 5. The maximum atomic E-state index is 11.0. The second kappa shape index (κ2) is 5.43. The molecule has 0 aliphatic rings.